The van der Waals surface area contributed by atoms with Gasteiger partial charge in [-0.25, -0.2) is 0 Å². The van der Waals surface area contributed by atoms with Crippen molar-refractivity contribution < 1.29 is 19.1 Å². The van der Waals surface area contributed by atoms with Crippen LogP contribution in [-0.2, 0) is 19.1 Å². The van der Waals surface area contributed by atoms with E-state index in [1.54, 1.807) is 4.90 Å². The first-order valence-corrected chi connectivity index (χ1v) is 6.60. The summed E-state index contributed by atoms with van der Waals surface area (Å²) < 4.78 is 4.58. The lowest BCUT2D eigenvalue weighted by atomic mass is 9.96. The van der Waals surface area contributed by atoms with Crippen LogP contribution in [0.2, 0.25) is 0 Å². The molecule has 0 saturated carbocycles. The third kappa shape index (κ3) is 4.22. The first kappa shape index (κ1) is 15.5. The molecule has 0 bridgehead atoms. The highest BCUT2D eigenvalue weighted by atomic mass is 16.5. The number of carbonyl (C=O) groups excluding carboxylic acids is 3. The topological polar surface area (TPSA) is 66.9 Å². The third-order valence-electron chi connectivity index (χ3n) is 3.46. The minimum Gasteiger partial charge on any atom is -0.468 e. The van der Waals surface area contributed by atoms with E-state index in [-0.39, 0.29) is 24.3 Å². The van der Waals surface area contributed by atoms with Gasteiger partial charge in [-0.15, -0.1) is 0 Å². The number of hydrogen-bond acceptors (Lipinski definition) is 4. The lowest BCUT2D eigenvalue weighted by Gasteiger charge is -2.33. The van der Waals surface area contributed by atoms with Crippen LogP contribution in [0.1, 0.15) is 26.7 Å². The molecule has 108 valence electrons. The molecule has 1 aliphatic heterocycles. The van der Waals surface area contributed by atoms with Crippen LogP contribution in [0.25, 0.3) is 0 Å². The van der Waals surface area contributed by atoms with Crippen LogP contribution in [0.3, 0.4) is 0 Å². The highest BCUT2D eigenvalue weighted by molar-refractivity contribution is 5.84. The lowest BCUT2D eigenvalue weighted by molar-refractivity contribution is -0.149. The highest BCUT2D eigenvalue weighted by Crippen LogP contribution is 2.19. The number of ether oxygens (including phenoxy) is 1. The molecule has 19 heavy (non-hydrogen) atoms. The zero-order valence-corrected chi connectivity index (χ0v) is 11.8. The van der Waals surface area contributed by atoms with Crippen molar-refractivity contribution in [2.24, 2.45) is 5.92 Å². The standard InChI is InChI=1S/C13H22N2O4/c1-4-14(9-12(17)19-3)13(18)11-6-5-7-15(8-11)10(2)16/h11H,4-9H2,1-3H3. The Bertz CT molecular complexity index is 357. The number of amides is 2. The van der Waals surface area contributed by atoms with E-state index in [2.05, 4.69) is 4.74 Å². The number of rotatable bonds is 4. The summed E-state index contributed by atoms with van der Waals surface area (Å²) >= 11 is 0. The summed E-state index contributed by atoms with van der Waals surface area (Å²) in [5.41, 5.74) is 0. The number of likely N-dealkylation sites (tertiary alicyclic amines) is 1. The lowest BCUT2D eigenvalue weighted by Crippen LogP contribution is -2.47. The van der Waals surface area contributed by atoms with E-state index >= 15 is 0 Å². The van der Waals surface area contributed by atoms with Gasteiger partial charge in [0, 0.05) is 26.6 Å². The molecule has 1 heterocycles. The molecule has 6 heteroatoms. The van der Waals surface area contributed by atoms with Crippen molar-refractivity contribution in [3.05, 3.63) is 0 Å². The number of nitrogens with zero attached hydrogens (tertiary/aromatic N) is 2. The highest BCUT2D eigenvalue weighted by Gasteiger charge is 2.30. The quantitative estimate of drug-likeness (QED) is 0.688. The molecule has 0 N–H and O–H groups in total. The second kappa shape index (κ2) is 7.11. The fourth-order valence-corrected chi connectivity index (χ4v) is 2.29. The number of hydrogen-bond donors (Lipinski definition) is 0. The second-order valence-electron chi connectivity index (χ2n) is 4.73. The maximum Gasteiger partial charge on any atom is 0.325 e. The van der Waals surface area contributed by atoms with Gasteiger partial charge >= 0.3 is 5.97 Å². The third-order valence-corrected chi connectivity index (χ3v) is 3.46. The van der Waals surface area contributed by atoms with Crippen molar-refractivity contribution in [1.29, 1.82) is 0 Å². The van der Waals surface area contributed by atoms with Gasteiger partial charge in [-0.3, -0.25) is 14.4 Å². The van der Waals surface area contributed by atoms with Gasteiger partial charge in [0.2, 0.25) is 11.8 Å². The van der Waals surface area contributed by atoms with Crippen LogP contribution in [0.15, 0.2) is 0 Å². The van der Waals surface area contributed by atoms with Crippen LogP contribution in [0.5, 0.6) is 0 Å². The molecule has 0 spiro atoms. The molecule has 0 aliphatic carbocycles. The van der Waals surface area contributed by atoms with Gasteiger partial charge in [-0.2, -0.15) is 0 Å². The maximum absolute atomic E-state index is 12.3. The normalized spacial score (nSPS) is 18.9. The van der Waals surface area contributed by atoms with Crippen molar-refractivity contribution in [3.63, 3.8) is 0 Å². The molecule has 0 aromatic heterocycles. The Balaban J connectivity index is 2.63. The number of carbonyl (C=O) groups is 3. The van der Waals surface area contributed by atoms with Gasteiger partial charge < -0.3 is 14.5 Å². The molecule has 1 saturated heterocycles. The minimum absolute atomic E-state index is 0.00600. The van der Waals surface area contributed by atoms with Gasteiger partial charge in [-0.1, -0.05) is 0 Å². The summed E-state index contributed by atoms with van der Waals surface area (Å²) in [6.07, 6.45) is 1.59. The SMILES string of the molecule is CCN(CC(=O)OC)C(=O)C1CCCN(C(C)=O)C1. The van der Waals surface area contributed by atoms with E-state index in [1.165, 1.54) is 18.9 Å². The Labute approximate surface area is 113 Å². The Morgan fingerprint density at radius 3 is 2.58 bits per heavy atom. The van der Waals surface area contributed by atoms with Crippen LogP contribution in [0.4, 0.5) is 0 Å². The first-order chi connectivity index (χ1) is 8.99. The minimum atomic E-state index is -0.422. The van der Waals surface area contributed by atoms with Crippen molar-refractivity contribution >= 4 is 17.8 Å². The van der Waals surface area contributed by atoms with E-state index in [1.807, 2.05) is 6.92 Å². The zero-order valence-electron chi connectivity index (χ0n) is 11.8. The molecule has 0 radical (unpaired) electrons. The van der Waals surface area contributed by atoms with Gasteiger partial charge in [0.05, 0.1) is 13.0 Å². The largest absolute Gasteiger partial charge is 0.468 e. The summed E-state index contributed by atoms with van der Waals surface area (Å²) in [5, 5.41) is 0. The van der Waals surface area contributed by atoms with E-state index in [9.17, 15) is 14.4 Å². The predicted molar refractivity (Wildman–Crippen MR) is 69.2 cm³/mol. The molecule has 1 atom stereocenters. The van der Waals surface area contributed by atoms with Crippen molar-refractivity contribution in [2.45, 2.75) is 26.7 Å². The Morgan fingerprint density at radius 2 is 2.05 bits per heavy atom. The monoisotopic (exact) mass is 270 g/mol. The molecular formula is C13H22N2O4. The zero-order chi connectivity index (χ0) is 14.4. The fraction of sp³-hybridized carbons (Fsp3) is 0.769. The molecule has 0 aromatic rings. The number of likely N-dealkylation sites (N-methyl/N-ethyl adjacent to an activating group) is 1. The molecule has 1 fully saturated rings. The first-order valence-electron chi connectivity index (χ1n) is 6.60. The Kier molecular flexibility index (Phi) is 5.79. The molecule has 1 unspecified atom stereocenters. The van der Waals surface area contributed by atoms with Gasteiger partial charge in [0.15, 0.2) is 0 Å². The molecule has 6 nitrogen and oxygen atoms in total. The molecule has 1 rings (SSSR count). The van der Waals surface area contributed by atoms with Gasteiger partial charge in [0.1, 0.15) is 6.54 Å². The van der Waals surface area contributed by atoms with E-state index in [4.69, 9.17) is 0 Å². The van der Waals surface area contributed by atoms with E-state index in [0.717, 1.165) is 12.8 Å². The van der Waals surface area contributed by atoms with Crippen molar-refractivity contribution in [2.75, 3.05) is 33.3 Å². The van der Waals surface area contributed by atoms with Crippen LogP contribution >= 0.6 is 0 Å². The smallest absolute Gasteiger partial charge is 0.325 e. The summed E-state index contributed by atoms with van der Waals surface area (Å²) in [6, 6.07) is 0. The van der Waals surface area contributed by atoms with E-state index < -0.39 is 5.97 Å². The van der Waals surface area contributed by atoms with Gasteiger partial charge in [0.25, 0.3) is 0 Å². The Morgan fingerprint density at radius 1 is 1.37 bits per heavy atom. The molecule has 1 aliphatic rings. The summed E-state index contributed by atoms with van der Waals surface area (Å²) in [5.74, 6) is -0.705. The van der Waals surface area contributed by atoms with Crippen molar-refractivity contribution in [1.82, 2.24) is 9.80 Å². The maximum atomic E-state index is 12.3. The molecule has 0 aromatic carbocycles. The van der Waals surface area contributed by atoms with Crippen LogP contribution < -0.4 is 0 Å². The van der Waals surface area contributed by atoms with Gasteiger partial charge in [-0.05, 0) is 19.8 Å². The molecule has 2 amide bonds. The Hall–Kier alpha value is -1.59. The van der Waals surface area contributed by atoms with E-state index in [0.29, 0.717) is 19.6 Å². The average molecular weight is 270 g/mol. The van der Waals surface area contributed by atoms with Crippen molar-refractivity contribution in [3.8, 4) is 0 Å². The summed E-state index contributed by atoms with van der Waals surface area (Å²) in [6.45, 7) is 4.94. The van der Waals surface area contributed by atoms with Crippen LogP contribution in [-0.4, -0.2) is 60.9 Å². The number of piperidine rings is 1. The second-order valence-corrected chi connectivity index (χ2v) is 4.73. The number of esters is 1. The predicted octanol–water partition coefficient (Wildman–Crippen LogP) is 0.266. The van der Waals surface area contributed by atoms with Crippen LogP contribution in [0, 0.1) is 5.92 Å². The fourth-order valence-electron chi connectivity index (χ4n) is 2.29. The molecular weight excluding hydrogens is 248 g/mol. The summed E-state index contributed by atoms with van der Waals surface area (Å²) in [4.78, 5) is 38.1. The summed E-state index contributed by atoms with van der Waals surface area (Å²) in [7, 11) is 1.30. The average Bonchev–Trinajstić information content (AvgIpc) is 2.43. The number of methoxy groups -OCH3 is 1.